The lowest BCUT2D eigenvalue weighted by Gasteiger charge is -2.24. The van der Waals surface area contributed by atoms with Crippen molar-refractivity contribution < 1.29 is 0 Å². The highest BCUT2D eigenvalue weighted by Gasteiger charge is 2.30. The van der Waals surface area contributed by atoms with Crippen LogP contribution in [0.25, 0.3) is 0 Å². The van der Waals surface area contributed by atoms with E-state index in [0.717, 1.165) is 24.7 Å². The molecule has 0 bridgehead atoms. The molecule has 1 heterocycles. The first-order chi connectivity index (χ1) is 8.02. The summed E-state index contributed by atoms with van der Waals surface area (Å²) in [6.45, 7) is 7.79. The third-order valence-corrected chi connectivity index (χ3v) is 3.67. The number of hydrogen-bond donors (Lipinski definition) is 1. The third-order valence-electron chi connectivity index (χ3n) is 3.43. The fourth-order valence-electron chi connectivity index (χ4n) is 2.49. The fraction of sp³-hybridized carbons (Fsp3) is 0.571. The predicted octanol–water partition coefficient (Wildman–Crippen LogP) is 3.30. The SMILES string of the molecule is CNCc1ccc(Cl)cc1N1CCC(C)(C)C1. The number of anilines is 1. The number of halogens is 1. The second kappa shape index (κ2) is 4.87. The second-order valence-electron chi connectivity index (χ2n) is 5.64. The van der Waals surface area contributed by atoms with Gasteiger partial charge in [-0.3, -0.25) is 0 Å². The van der Waals surface area contributed by atoms with Gasteiger partial charge in [-0.05, 0) is 36.6 Å². The highest BCUT2D eigenvalue weighted by Crippen LogP contribution is 2.35. The van der Waals surface area contributed by atoms with Crippen LogP contribution in [-0.2, 0) is 6.54 Å². The van der Waals surface area contributed by atoms with Crippen LogP contribution in [0, 0.1) is 5.41 Å². The van der Waals surface area contributed by atoms with Crippen molar-refractivity contribution in [3.8, 4) is 0 Å². The summed E-state index contributed by atoms with van der Waals surface area (Å²) >= 11 is 6.12. The molecule has 0 spiro atoms. The molecular formula is C14H21ClN2. The maximum absolute atomic E-state index is 6.12. The molecule has 0 radical (unpaired) electrons. The summed E-state index contributed by atoms with van der Waals surface area (Å²) in [6.07, 6.45) is 1.25. The molecule has 0 aromatic heterocycles. The van der Waals surface area contributed by atoms with Crippen LogP contribution in [0.2, 0.25) is 5.02 Å². The zero-order valence-corrected chi connectivity index (χ0v) is 11.6. The molecule has 0 atom stereocenters. The molecule has 1 aromatic carbocycles. The minimum atomic E-state index is 0.416. The van der Waals surface area contributed by atoms with Crippen LogP contribution >= 0.6 is 11.6 Å². The first kappa shape index (κ1) is 12.7. The summed E-state index contributed by atoms with van der Waals surface area (Å²) in [5.74, 6) is 0. The molecule has 1 aliphatic rings. The molecule has 2 nitrogen and oxygen atoms in total. The van der Waals surface area contributed by atoms with Gasteiger partial charge in [0, 0.05) is 30.3 Å². The quantitative estimate of drug-likeness (QED) is 0.888. The van der Waals surface area contributed by atoms with Crippen molar-refractivity contribution in [1.82, 2.24) is 5.32 Å². The first-order valence-electron chi connectivity index (χ1n) is 6.20. The van der Waals surface area contributed by atoms with Gasteiger partial charge in [-0.15, -0.1) is 0 Å². The molecule has 3 heteroatoms. The number of hydrogen-bond acceptors (Lipinski definition) is 2. The molecule has 94 valence electrons. The Bertz CT molecular complexity index is 401. The first-order valence-corrected chi connectivity index (χ1v) is 6.58. The van der Waals surface area contributed by atoms with Gasteiger partial charge in [-0.25, -0.2) is 0 Å². The summed E-state index contributed by atoms with van der Waals surface area (Å²) in [4.78, 5) is 2.46. The predicted molar refractivity (Wildman–Crippen MR) is 74.8 cm³/mol. The molecule has 1 aromatic rings. The number of nitrogens with zero attached hydrogens (tertiary/aromatic N) is 1. The monoisotopic (exact) mass is 252 g/mol. The van der Waals surface area contributed by atoms with Gasteiger partial charge in [0.25, 0.3) is 0 Å². The lowest BCUT2D eigenvalue weighted by Crippen LogP contribution is -2.24. The lowest BCUT2D eigenvalue weighted by molar-refractivity contribution is 0.418. The zero-order valence-electron chi connectivity index (χ0n) is 10.9. The average molecular weight is 253 g/mol. The van der Waals surface area contributed by atoms with Gasteiger partial charge in [0.15, 0.2) is 0 Å². The van der Waals surface area contributed by atoms with E-state index >= 15 is 0 Å². The Morgan fingerprint density at radius 2 is 2.18 bits per heavy atom. The highest BCUT2D eigenvalue weighted by atomic mass is 35.5. The van der Waals surface area contributed by atoms with Crippen molar-refractivity contribution in [2.75, 3.05) is 25.0 Å². The summed E-state index contributed by atoms with van der Waals surface area (Å²) in [6, 6.07) is 6.19. The van der Waals surface area contributed by atoms with Crippen molar-refractivity contribution in [3.05, 3.63) is 28.8 Å². The molecule has 0 unspecified atom stereocenters. The Balaban J connectivity index is 2.27. The van der Waals surface area contributed by atoms with Crippen LogP contribution in [0.4, 0.5) is 5.69 Å². The van der Waals surface area contributed by atoms with Crippen LogP contribution < -0.4 is 10.2 Å². The molecule has 1 fully saturated rings. The standard InChI is InChI=1S/C14H21ClN2/c1-14(2)6-7-17(10-14)13-8-12(15)5-4-11(13)9-16-3/h4-5,8,16H,6-7,9-10H2,1-3H3. The van der Waals surface area contributed by atoms with Crippen molar-refractivity contribution in [2.24, 2.45) is 5.41 Å². The molecule has 0 amide bonds. The lowest BCUT2D eigenvalue weighted by atomic mass is 9.93. The Labute approximate surface area is 109 Å². The maximum Gasteiger partial charge on any atom is 0.0426 e. The summed E-state index contributed by atoms with van der Waals surface area (Å²) in [5.41, 5.74) is 3.03. The highest BCUT2D eigenvalue weighted by molar-refractivity contribution is 6.30. The Morgan fingerprint density at radius 1 is 1.41 bits per heavy atom. The van der Waals surface area contributed by atoms with Crippen LogP contribution in [0.1, 0.15) is 25.8 Å². The summed E-state index contributed by atoms with van der Waals surface area (Å²) in [7, 11) is 1.98. The molecule has 1 saturated heterocycles. The number of benzene rings is 1. The number of rotatable bonds is 3. The van der Waals surface area contributed by atoms with Gasteiger partial charge in [-0.1, -0.05) is 31.5 Å². The molecular weight excluding hydrogens is 232 g/mol. The summed E-state index contributed by atoms with van der Waals surface area (Å²) in [5, 5.41) is 4.04. The van der Waals surface area contributed by atoms with Crippen LogP contribution in [0.5, 0.6) is 0 Å². The van der Waals surface area contributed by atoms with Gasteiger partial charge >= 0.3 is 0 Å². The van der Waals surface area contributed by atoms with E-state index in [9.17, 15) is 0 Å². The van der Waals surface area contributed by atoms with E-state index in [2.05, 4.69) is 36.2 Å². The maximum atomic E-state index is 6.12. The molecule has 2 rings (SSSR count). The summed E-state index contributed by atoms with van der Waals surface area (Å²) < 4.78 is 0. The van der Waals surface area contributed by atoms with Gasteiger partial charge < -0.3 is 10.2 Å². The van der Waals surface area contributed by atoms with E-state index in [0.29, 0.717) is 5.41 Å². The third kappa shape index (κ3) is 2.93. The molecule has 17 heavy (non-hydrogen) atoms. The molecule has 0 saturated carbocycles. The van der Waals surface area contributed by atoms with Crippen LogP contribution in [-0.4, -0.2) is 20.1 Å². The Hall–Kier alpha value is -0.730. The molecule has 1 aliphatic heterocycles. The largest absolute Gasteiger partial charge is 0.371 e. The van der Waals surface area contributed by atoms with E-state index in [1.807, 2.05) is 13.1 Å². The van der Waals surface area contributed by atoms with Crippen molar-refractivity contribution in [2.45, 2.75) is 26.8 Å². The number of nitrogens with one attached hydrogen (secondary N) is 1. The normalized spacial score (nSPS) is 18.7. The molecule has 1 N–H and O–H groups in total. The van der Waals surface area contributed by atoms with E-state index in [4.69, 9.17) is 11.6 Å². The average Bonchev–Trinajstić information content (AvgIpc) is 2.62. The van der Waals surface area contributed by atoms with Crippen LogP contribution in [0.15, 0.2) is 18.2 Å². The Morgan fingerprint density at radius 3 is 2.76 bits per heavy atom. The van der Waals surface area contributed by atoms with E-state index in [1.165, 1.54) is 17.7 Å². The Kier molecular flexibility index (Phi) is 3.64. The minimum absolute atomic E-state index is 0.416. The van der Waals surface area contributed by atoms with Crippen LogP contribution in [0.3, 0.4) is 0 Å². The van der Waals surface area contributed by atoms with Gasteiger partial charge in [-0.2, -0.15) is 0 Å². The second-order valence-corrected chi connectivity index (χ2v) is 6.08. The zero-order chi connectivity index (χ0) is 12.5. The van der Waals surface area contributed by atoms with Gasteiger partial charge in [0.1, 0.15) is 0 Å². The van der Waals surface area contributed by atoms with E-state index in [1.54, 1.807) is 0 Å². The smallest absolute Gasteiger partial charge is 0.0426 e. The van der Waals surface area contributed by atoms with Crippen molar-refractivity contribution in [1.29, 1.82) is 0 Å². The topological polar surface area (TPSA) is 15.3 Å². The minimum Gasteiger partial charge on any atom is -0.371 e. The van der Waals surface area contributed by atoms with Crippen molar-refractivity contribution in [3.63, 3.8) is 0 Å². The van der Waals surface area contributed by atoms with E-state index in [-0.39, 0.29) is 0 Å². The van der Waals surface area contributed by atoms with Crippen molar-refractivity contribution >= 4 is 17.3 Å². The van der Waals surface area contributed by atoms with Gasteiger partial charge in [0.05, 0.1) is 0 Å². The fourth-order valence-corrected chi connectivity index (χ4v) is 2.66. The van der Waals surface area contributed by atoms with E-state index < -0.39 is 0 Å². The molecule has 0 aliphatic carbocycles. The van der Waals surface area contributed by atoms with Gasteiger partial charge in [0.2, 0.25) is 0 Å².